The molecule has 0 aliphatic carbocycles. The van der Waals surface area contributed by atoms with Gasteiger partial charge in [0.1, 0.15) is 5.75 Å². The van der Waals surface area contributed by atoms with Gasteiger partial charge in [0.05, 0.1) is 24.2 Å². The van der Waals surface area contributed by atoms with Gasteiger partial charge in [0.2, 0.25) is 0 Å². The highest BCUT2D eigenvalue weighted by molar-refractivity contribution is 7.12. The summed E-state index contributed by atoms with van der Waals surface area (Å²) in [5.41, 5.74) is 2.88. The van der Waals surface area contributed by atoms with E-state index >= 15 is 0 Å². The Kier molecular flexibility index (Phi) is 4.63. The van der Waals surface area contributed by atoms with Crippen LogP contribution in [0, 0.1) is 13.8 Å². The molecule has 0 saturated carbocycles. The zero-order chi connectivity index (χ0) is 15.6. The molecule has 1 unspecified atom stereocenters. The van der Waals surface area contributed by atoms with E-state index in [9.17, 15) is 4.79 Å². The topological polar surface area (TPSA) is 59.4 Å². The second-order valence-electron chi connectivity index (χ2n) is 5.15. The van der Waals surface area contributed by atoms with Crippen LogP contribution >= 0.6 is 11.3 Å². The number of aryl methyl sites for hydroxylation is 2. The van der Waals surface area contributed by atoms with Crippen LogP contribution in [0.5, 0.6) is 5.75 Å². The van der Waals surface area contributed by atoms with Crippen LogP contribution < -0.4 is 4.74 Å². The van der Waals surface area contributed by atoms with E-state index in [-0.39, 0.29) is 12.3 Å². The van der Waals surface area contributed by atoms with Crippen LogP contribution in [0.2, 0.25) is 0 Å². The van der Waals surface area contributed by atoms with Crippen LogP contribution in [-0.2, 0) is 4.79 Å². The summed E-state index contributed by atoms with van der Waals surface area (Å²) in [5.74, 6) is -0.112. The molecule has 1 heterocycles. The Labute approximate surface area is 128 Å². The van der Waals surface area contributed by atoms with Crippen molar-refractivity contribution in [2.24, 2.45) is 0 Å². The van der Waals surface area contributed by atoms with Crippen molar-refractivity contribution >= 4 is 17.3 Å². The normalized spacial score (nSPS) is 12.2. The van der Waals surface area contributed by atoms with Gasteiger partial charge in [0, 0.05) is 16.4 Å². The number of benzene rings is 1. The summed E-state index contributed by atoms with van der Waals surface area (Å²) < 4.78 is 5.43. The summed E-state index contributed by atoms with van der Waals surface area (Å²) in [4.78, 5) is 16.6. The van der Waals surface area contributed by atoms with Crippen LogP contribution in [0.15, 0.2) is 18.2 Å². The molecule has 0 aliphatic heterocycles. The van der Waals surface area contributed by atoms with Crippen molar-refractivity contribution in [3.63, 3.8) is 0 Å². The van der Waals surface area contributed by atoms with Gasteiger partial charge in [-0.1, -0.05) is 18.6 Å². The van der Waals surface area contributed by atoms with E-state index in [1.807, 2.05) is 39.0 Å². The number of carboxylic acid groups (broad SMARTS) is 1. The average molecular weight is 305 g/mol. The molecule has 1 N–H and O–H groups in total. The largest absolute Gasteiger partial charge is 0.496 e. The van der Waals surface area contributed by atoms with Crippen LogP contribution in [0.25, 0.3) is 11.3 Å². The Balaban J connectivity index is 2.54. The van der Waals surface area contributed by atoms with Crippen molar-refractivity contribution in [2.75, 3.05) is 7.11 Å². The number of ether oxygens (including phenoxy) is 1. The second-order valence-corrected chi connectivity index (χ2v) is 6.38. The Morgan fingerprint density at radius 2 is 2.14 bits per heavy atom. The predicted molar refractivity (Wildman–Crippen MR) is 84.2 cm³/mol. The van der Waals surface area contributed by atoms with E-state index in [1.54, 1.807) is 18.4 Å². The lowest BCUT2D eigenvalue weighted by Gasteiger charge is -2.12. The van der Waals surface area contributed by atoms with Crippen molar-refractivity contribution < 1.29 is 14.6 Å². The third kappa shape index (κ3) is 3.42. The number of hydrogen-bond acceptors (Lipinski definition) is 4. The Bertz CT molecular complexity index is 664. The number of aliphatic carboxylic acids is 1. The van der Waals surface area contributed by atoms with Gasteiger partial charge in [-0.05, 0) is 26.0 Å². The number of thiazole rings is 1. The van der Waals surface area contributed by atoms with Gasteiger partial charge < -0.3 is 9.84 Å². The van der Waals surface area contributed by atoms with Crippen LogP contribution in [0.3, 0.4) is 0 Å². The molecule has 0 radical (unpaired) electrons. The van der Waals surface area contributed by atoms with Crippen LogP contribution in [0.1, 0.15) is 34.7 Å². The summed E-state index contributed by atoms with van der Waals surface area (Å²) in [6.45, 7) is 5.88. The van der Waals surface area contributed by atoms with Crippen molar-refractivity contribution in [1.29, 1.82) is 0 Å². The smallest absolute Gasteiger partial charge is 0.303 e. The highest BCUT2D eigenvalue weighted by Crippen LogP contribution is 2.39. The first-order valence-corrected chi connectivity index (χ1v) is 7.58. The van der Waals surface area contributed by atoms with Crippen molar-refractivity contribution in [1.82, 2.24) is 4.98 Å². The Morgan fingerprint density at radius 3 is 2.76 bits per heavy atom. The van der Waals surface area contributed by atoms with E-state index in [1.165, 1.54) is 0 Å². The van der Waals surface area contributed by atoms with Gasteiger partial charge >= 0.3 is 5.97 Å². The molecule has 0 spiro atoms. The summed E-state index contributed by atoms with van der Waals surface area (Å²) in [6, 6.07) is 5.94. The van der Waals surface area contributed by atoms with E-state index in [2.05, 4.69) is 4.98 Å². The van der Waals surface area contributed by atoms with Crippen molar-refractivity contribution in [3.8, 4) is 17.0 Å². The van der Waals surface area contributed by atoms with Gasteiger partial charge in [0.25, 0.3) is 0 Å². The first-order chi connectivity index (χ1) is 9.92. The molecule has 0 saturated heterocycles. The number of rotatable bonds is 5. The predicted octanol–water partition coefficient (Wildman–Crippen LogP) is 4.01. The molecule has 0 bridgehead atoms. The minimum absolute atomic E-state index is 0.0751. The molecule has 1 atom stereocenters. The molecule has 1 aromatic heterocycles. The highest BCUT2D eigenvalue weighted by atomic mass is 32.1. The van der Waals surface area contributed by atoms with Crippen molar-refractivity contribution in [2.45, 2.75) is 33.1 Å². The Hall–Kier alpha value is -1.88. The molecule has 0 amide bonds. The zero-order valence-corrected chi connectivity index (χ0v) is 13.5. The molecule has 112 valence electrons. The maximum Gasteiger partial charge on any atom is 0.303 e. The number of aromatic nitrogens is 1. The lowest BCUT2D eigenvalue weighted by Crippen LogP contribution is -2.03. The summed E-state index contributed by atoms with van der Waals surface area (Å²) in [6.07, 6.45) is 0.1000. The van der Waals surface area contributed by atoms with E-state index in [0.29, 0.717) is 0 Å². The summed E-state index contributed by atoms with van der Waals surface area (Å²) in [5, 5.41) is 9.95. The lowest BCUT2D eigenvalue weighted by molar-refractivity contribution is -0.137. The van der Waals surface area contributed by atoms with Gasteiger partial charge in [-0.3, -0.25) is 4.79 Å². The molecule has 2 rings (SSSR count). The van der Waals surface area contributed by atoms with Crippen molar-refractivity contribution in [3.05, 3.63) is 33.6 Å². The van der Waals surface area contributed by atoms with Gasteiger partial charge in [-0.15, -0.1) is 11.3 Å². The highest BCUT2D eigenvalue weighted by Gasteiger charge is 2.21. The van der Waals surface area contributed by atoms with Crippen LogP contribution in [0.4, 0.5) is 0 Å². The Morgan fingerprint density at radius 1 is 1.43 bits per heavy atom. The maximum atomic E-state index is 11.0. The molecule has 21 heavy (non-hydrogen) atoms. The number of nitrogens with zero attached hydrogens (tertiary/aromatic N) is 1. The minimum Gasteiger partial charge on any atom is -0.496 e. The average Bonchev–Trinajstić information content (AvgIpc) is 2.80. The molecule has 0 fully saturated rings. The fourth-order valence-electron chi connectivity index (χ4n) is 2.33. The lowest BCUT2D eigenvalue weighted by atomic mass is 9.99. The number of hydrogen-bond donors (Lipinski definition) is 1. The molecule has 2 aromatic rings. The maximum absolute atomic E-state index is 11.0. The third-order valence-corrected chi connectivity index (χ3v) is 4.50. The molecule has 5 heteroatoms. The van der Waals surface area contributed by atoms with Gasteiger partial charge in [-0.25, -0.2) is 4.98 Å². The first kappa shape index (κ1) is 15.5. The minimum atomic E-state index is -0.796. The third-order valence-electron chi connectivity index (χ3n) is 3.30. The monoisotopic (exact) mass is 305 g/mol. The quantitative estimate of drug-likeness (QED) is 0.906. The first-order valence-electron chi connectivity index (χ1n) is 6.76. The fraction of sp³-hybridized carbons (Fsp3) is 0.375. The fourth-order valence-corrected chi connectivity index (χ4v) is 3.32. The number of carbonyl (C=O) groups is 1. The summed E-state index contributed by atoms with van der Waals surface area (Å²) in [7, 11) is 1.63. The zero-order valence-electron chi connectivity index (χ0n) is 12.6. The van der Waals surface area contributed by atoms with E-state index in [4.69, 9.17) is 9.84 Å². The molecule has 0 aliphatic rings. The molecular weight excluding hydrogens is 286 g/mol. The number of methoxy groups -OCH3 is 1. The number of carboxylic acids is 1. The van der Waals surface area contributed by atoms with Crippen LogP contribution in [-0.4, -0.2) is 23.2 Å². The SMILES string of the molecule is COc1ccc(C)cc1-c1nc(C)sc1C(C)CC(=O)O. The molecular formula is C16H19NO3S. The van der Waals surface area contributed by atoms with Gasteiger partial charge in [0.15, 0.2) is 0 Å². The molecule has 4 nitrogen and oxygen atoms in total. The summed E-state index contributed by atoms with van der Waals surface area (Å²) >= 11 is 1.55. The van der Waals surface area contributed by atoms with Gasteiger partial charge in [-0.2, -0.15) is 0 Å². The van der Waals surface area contributed by atoms with E-state index < -0.39 is 5.97 Å². The van der Waals surface area contributed by atoms with E-state index in [0.717, 1.165) is 32.5 Å². The second kappa shape index (κ2) is 6.26. The molecule has 1 aromatic carbocycles. The standard InChI is InChI=1S/C16H19NO3S/c1-9-5-6-13(20-4)12(7-9)15-16(21-11(3)17-15)10(2)8-14(18)19/h5-7,10H,8H2,1-4H3,(H,18,19).